The standard InChI is InChI=1S/C41H28N4/c1-2-10-31-28(9-1)23-35(33-12-4-3-11-32(31)33)38-24-29(25-39(44-38)37-14-7-8-21-43-37)27-16-18-30(19-17-27)45-40-15-6-5-13-34(40)36-26-42-22-20-41(36)45/h1-22,24-26,28H,23H2. The molecular weight excluding hydrogens is 548 g/mol. The maximum Gasteiger partial charge on any atom is 0.0899 e. The van der Waals surface area contributed by atoms with Gasteiger partial charge in [-0.25, -0.2) is 4.98 Å². The van der Waals surface area contributed by atoms with E-state index in [1.165, 1.54) is 32.5 Å². The molecule has 9 rings (SSSR count). The van der Waals surface area contributed by atoms with Crippen molar-refractivity contribution in [2.24, 2.45) is 5.92 Å². The lowest BCUT2D eigenvalue weighted by Crippen LogP contribution is -2.35. The van der Waals surface area contributed by atoms with E-state index in [0.717, 1.165) is 51.2 Å². The zero-order chi connectivity index (χ0) is 29.7. The molecule has 4 heteroatoms. The van der Waals surface area contributed by atoms with E-state index in [1.54, 1.807) is 0 Å². The third kappa shape index (κ3) is 4.26. The molecule has 0 N–H and O–H groups in total. The first kappa shape index (κ1) is 25.6. The number of pyridine rings is 3. The molecule has 0 saturated heterocycles. The van der Waals surface area contributed by atoms with Crippen LogP contribution in [-0.4, -0.2) is 19.5 Å². The Morgan fingerprint density at radius 1 is 0.622 bits per heavy atom. The van der Waals surface area contributed by atoms with Crippen molar-refractivity contribution in [2.45, 2.75) is 6.42 Å². The van der Waals surface area contributed by atoms with Crippen molar-refractivity contribution in [3.8, 4) is 28.2 Å². The predicted octanol–water partition coefficient (Wildman–Crippen LogP) is 7.80. The van der Waals surface area contributed by atoms with Crippen LogP contribution in [0.25, 0.3) is 61.2 Å². The van der Waals surface area contributed by atoms with E-state index in [2.05, 4.69) is 130 Å². The summed E-state index contributed by atoms with van der Waals surface area (Å²) in [6.07, 6.45) is 15.5. The van der Waals surface area contributed by atoms with E-state index < -0.39 is 0 Å². The minimum absolute atomic E-state index is 0.337. The highest BCUT2D eigenvalue weighted by Crippen LogP contribution is 2.35. The minimum atomic E-state index is 0.337. The number of benzene rings is 3. The van der Waals surface area contributed by atoms with Gasteiger partial charge in [-0.15, -0.1) is 0 Å². The number of hydrogen-bond donors (Lipinski definition) is 0. The average Bonchev–Trinajstić information content (AvgIpc) is 3.46. The second-order valence-corrected chi connectivity index (χ2v) is 11.7. The summed E-state index contributed by atoms with van der Waals surface area (Å²) in [4.78, 5) is 14.3. The van der Waals surface area contributed by atoms with Crippen molar-refractivity contribution in [3.63, 3.8) is 0 Å². The highest BCUT2D eigenvalue weighted by molar-refractivity contribution is 6.08. The molecule has 4 aromatic heterocycles. The van der Waals surface area contributed by atoms with Gasteiger partial charge in [0.2, 0.25) is 0 Å². The molecule has 0 bridgehead atoms. The van der Waals surface area contributed by atoms with Gasteiger partial charge in [-0.1, -0.05) is 85.0 Å². The second kappa shape index (κ2) is 10.4. The fourth-order valence-electron chi connectivity index (χ4n) is 7.02. The number of aromatic nitrogens is 4. The van der Waals surface area contributed by atoms with E-state index in [0.29, 0.717) is 5.92 Å². The third-order valence-electron chi connectivity index (χ3n) is 9.11. The molecule has 4 heterocycles. The van der Waals surface area contributed by atoms with Crippen molar-refractivity contribution >= 4 is 33.0 Å². The normalized spacial score (nSPS) is 15.4. The van der Waals surface area contributed by atoms with Crippen LogP contribution in [0.5, 0.6) is 0 Å². The van der Waals surface area contributed by atoms with Crippen LogP contribution in [0, 0.1) is 5.92 Å². The van der Waals surface area contributed by atoms with Crippen LogP contribution in [0.1, 0.15) is 12.1 Å². The first-order chi connectivity index (χ1) is 22.3. The SMILES string of the molecule is C1=CC2=c3ccccc3=C(c3cc(-c4ccc(-n5c6ccccc6c6cnccc65)cc4)cc(-c4ccccn4)n3)CC2C=C1. The summed E-state index contributed by atoms with van der Waals surface area (Å²) >= 11 is 0. The Balaban J connectivity index is 1.22. The summed E-state index contributed by atoms with van der Waals surface area (Å²) in [5.41, 5.74) is 11.1. The Bertz CT molecular complexity index is 2400. The largest absolute Gasteiger partial charge is 0.309 e. The number of para-hydroxylation sites is 1. The van der Waals surface area contributed by atoms with Gasteiger partial charge in [0.25, 0.3) is 0 Å². The first-order valence-corrected chi connectivity index (χ1v) is 15.4. The van der Waals surface area contributed by atoms with E-state index in [4.69, 9.17) is 4.98 Å². The van der Waals surface area contributed by atoms with Gasteiger partial charge in [0.15, 0.2) is 0 Å². The fraction of sp³-hybridized carbons (Fsp3) is 0.0488. The quantitative estimate of drug-likeness (QED) is 0.215. The van der Waals surface area contributed by atoms with Gasteiger partial charge in [0.1, 0.15) is 0 Å². The lowest BCUT2D eigenvalue weighted by Gasteiger charge is -2.24. The molecule has 212 valence electrons. The molecule has 0 aliphatic heterocycles. The Labute approximate surface area is 260 Å². The van der Waals surface area contributed by atoms with Gasteiger partial charge >= 0.3 is 0 Å². The molecule has 0 spiro atoms. The number of fused-ring (bicyclic) bond motifs is 5. The van der Waals surface area contributed by atoms with Crippen molar-refractivity contribution < 1.29 is 0 Å². The van der Waals surface area contributed by atoms with E-state index in [9.17, 15) is 0 Å². The molecule has 4 nitrogen and oxygen atoms in total. The topological polar surface area (TPSA) is 43.6 Å². The van der Waals surface area contributed by atoms with Crippen LogP contribution >= 0.6 is 0 Å². The van der Waals surface area contributed by atoms with Crippen molar-refractivity contribution in [2.75, 3.05) is 0 Å². The van der Waals surface area contributed by atoms with Gasteiger partial charge in [0.05, 0.1) is 28.1 Å². The molecule has 1 unspecified atom stereocenters. The Kier molecular flexibility index (Phi) is 5.91. The third-order valence-corrected chi connectivity index (χ3v) is 9.11. The van der Waals surface area contributed by atoms with Gasteiger partial charge in [0, 0.05) is 41.0 Å². The van der Waals surface area contributed by atoms with Crippen LogP contribution in [0.15, 0.2) is 152 Å². The molecule has 7 aromatic rings. The zero-order valence-electron chi connectivity index (χ0n) is 24.5. The molecule has 2 aliphatic carbocycles. The summed E-state index contributed by atoms with van der Waals surface area (Å²) in [6.45, 7) is 0. The lowest BCUT2D eigenvalue weighted by atomic mass is 9.81. The summed E-state index contributed by atoms with van der Waals surface area (Å²) in [5.74, 6) is 0.337. The summed E-state index contributed by atoms with van der Waals surface area (Å²) < 4.78 is 2.32. The van der Waals surface area contributed by atoms with Crippen molar-refractivity contribution in [1.29, 1.82) is 0 Å². The molecule has 2 aliphatic rings. The van der Waals surface area contributed by atoms with E-state index >= 15 is 0 Å². The molecule has 1 atom stereocenters. The summed E-state index contributed by atoms with van der Waals surface area (Å²) in [7, 11) is 0. The molecule has 0 saturated carbocycles. The highest BCUT2D eigenvalue weighted by atomic mass is 15.0. The average molecular weight is 577 g/mol. The molecular formula is C41H28N4. The number of nitrogens with zero attached hydrogens (tertiary/aromatic N) is 4. The first-order valence-electron chi connectivity index (χ1n) is 15.4. The predicted molar refractivity (Wildman–Crippen MR) is 183 cm³/mol. The molecule has 0 radical (unpaired) electrons. The number of hydrogen-bond acceptors (Lipinski definition) is 3. The highest BCUT2D eigenvalue weighted by Gasteiger charge is 2.22. The molecule has 3 aromatic carbocycles. The Morgan fingerprint density at radius 2 is 1.42 bits per heavy atom. The maximum atomic E-state index is 5.25. The van der Waals surface area contributed by atoms with E-state index in [-0.39, 0.29) is 0 Å². The zero-order valence-corrected chi connectivity index (χ0v) is 24.5. The van der Waals surface area contributed by atoms with Crippen LogP contribution in [0.4, 0.5) is 0 Å². The lowest BCUT2D eigenvalue weighted by molar-refractivity contribution is 0.840. The van der Waals surface area contributed by atoms with Crippen molar-refractivity contribution in [3.05, 3.63) is 168 Å². The molecule has 0 amide bonds. The summed E-state index contributed by atoms with van der Waals surface area (Å²) in [5, 5.41) is 4.92. The number of rotatable bonds is 4. The smallest absolute Gasteiger partial charge is 0.0899 e. The molecule has 0 fully saturated rings. The minimum Gasteiger partial charge on any atom is -0.309 e. The fourth-order valence-corrected chi connectivity index (χ4v) is 7.02. The van der Waals surface area contributed by atoms with Crippen LogP contribution < -0.4 is 10.4 Å². The Hall–Kier alpha value is -5.87. The second-order valence-electron chi connectivity index (χ2n) is 11.7. The number of allylic oxidation sites excluding steroid dienone is 4. The molecule has 45 heavy (non-hydrogen) atoms. The Morgan fingerprint density at radius 3 is 2.31 bits per heavy atom. The summed E-state index contributed by atoms with van der Waals surface area (Å²) in [6, 6.07) is 38.7. The van der Waals surface area contributed by atoms with Gasteiger partial charge in [-0.3, -0.25) is 9.97 Å². The maximum absolute atomic E-state index is 5.25. The van der Waals surface area contributed by atoms with Crippen molar-refractivity contribution in [1.82, 2.24) is 19.5 Å². The van der Waals surface area contributed by atoms with E-state index in [1.807, 2.05) is 36.8 Å². The van der Waals surface area contributed by atoms with Crippen LogP contribution in [-0.2, 0) is 0 Å². The van der Waals surface area contributed by atoms with Gasteiger partial charge < -0.3 is 4.57 Å². The van der Waals surface area contributed by atoms with Crippen LogP contribution in [0.3, 0.4) is 0 Å². The monoisotopic (exact) mass is 576 g/mol. The van der Waals surface area contributed by atoms with Gasteiger partial charge in [-0.2, -0.15) is 0 Å². The van der Waals surface area contributed by atoms with Gasteiger partial charge in [-0.05, 0) is 87.7 Å². The van der Waals surface area contributed by atoms with Crippen LogP contribution in [0.2, 0.25) is 0 Å².